The summed E-state index contributed by atoms with van der Waals surface area (Å²) >= 11 is 0. The molecule has 0 aromatic heterocycles. The first kappa shape index (κ1) is 18.7. The molecule has 0 radical (unpaired) electrons. The molecule has 1 atom stereocenters. The third kappa shape index (κ3) is 5.46. The van der Waals surface area contributed by atoms with Crippen LogP contribution >= 0.6 is 0 Å². The Labute approximate surface area is 146 Å². The quantitative estimate of drug-likeness (QED) is 0.616. The summed E-state index contributed by atoms with van der Waals surface area (Å²) in [4.78, 5) is 37.0. The lowest BCUT2D eigenvalue weighted by atomic mass is 9.98. The SMILES string of the molecule is CNC(=O)NC(=O)CNc1cccc(C(=O)N2CCCC(CO)C2)c1. The Morgan fingerprint density at radius 3 is 2.84 bits per heavy atom. The molecule has 1 unspecified atom stereocenters. The van der Waals surface area contributed by atoms with E-state index in [4.69, 9.17) is 0 Å². The molecular weight excluding hydrogens is 324 g/mol. The minimum Gasteiger partial charge on any atom is -0.396 e. The van der Waals surface area contributed by atoms with Crippen molar-refractivity contribution in [3.05, 3.63) is 29.8 Å². The van der Waals surface area contributed by atoms with E-state index in [9.17, 15) is 19.5 Å². The molecular formula is C17H24N4O4. The fraction of sp³-hybridized carbons (Fsp3) is 0.471. The molecule has 0 bridgehead atoms. The molecule has 4 N–H and O–H groups in total. The zero-order valence-electron chi connectivity index (χ0n) is 14.2. The van der Waals surface area contributed by atoms with Crippen molar-refractivity contribution in [1.29, 1.82) is 0 Å². The molecule has 1 saturated heterocycles. The number of nitrogens with zero attached hydrogens (tertiary/aromatic N) is 1. The van der Waals surface area contributed by atoms with Crippen molar-refractivity contribution >= 4 is 23.5 Å². The van der Waals surface area contributed by atoms with Crippen LogP contribution in [0, 0.1) is 5.92 Å². The maximum atomic E-state index is 12.6. The molecule has 1 aliphatic rings. The lowest BCUT2D eigenvalue weighted by Crippen LogP contribution is -2.41. The van der Waals surface area contributed by atoms with Crippen molar-refractivity contribution in [1.82, 2.24) is 15.5 Å². The first-order valence-electron chi connectivity index (χ1n) is 8.29. The summed E-state index contributed by atoms with van der Waals surface area (Å²) in [6.45, 7) is 1.25. The van der Waals surface area contributed by atoms with Crippen LogP contribution in [-0.2, 0) is 4.79 Å². The number of nitrogens with one attached hydrogen (secondary N) is 3. The van der Waals surface area contributed by atoms with Gasteiger partial charge in [0.15, 0.2) is 0 Å². The maximum absolute atomic E-state index is 12.6. The molecule has 1 aromatic rings. The summed E-state index contributed by atoms with van der Waals surface area (Å²) in [6.07, 6.45) is 1.82. The van der Waals surface area contributed by atoms with Crippen molar-refractivity contribution in [2.45, 2.75) is 12.8 Å². The number of imide groups is 1. The largest absolute Gasteiger partial charge is 0.396 e. The number of hydrogen-bond donors (Lipinski definition) is 4. The van der Waals surface area contributed by atoms with Gasteiger partial charge in [0.25, 0.3) is 5.91 Å². The lowest BCUT2D eigenvalue weighted by molar-refractivity contribution is -0.118. The number of hydrogen-bond acceptors (Lipinski definition) is 5. The average Bonchev–Trinajstić information content (AvgIpc) is 2.66. The number of carbonyl (C=O) groups is 3. The Hall–Kier alpha value is -2.61. The fourth-order valence-corrected chi connectivity index (χ4v) is 2.76. The first-order chi connectivity index (χ1) is 12.0. The van der Waals surface area contributed by atoms with Crippen molar-refractivity contribution < 1.29 is 19.5 Å². The number of urea groups is 1. The normalized spacial score (nSPS) is 16.9. The van der Waals surface area contributed by atoms with Gasteiger partial charge in [0.2, 0.25) is 5.91 Å². The van der Waals surface area contributed by atoms with Gasteiger partial charge in [-0.05, 0) is 37.0 Å². The number of piperidine rings is 1. The average molecular weight is 348 g/mol. The topological polar surface area (TPSA) is 111 Å². The summed E-state index contributed by atoms with van der Waals surface area (Å²) in [5.74, 6) is -0.429. The van der Waals surface area contributed by atoms with Crippen LogP contribution in [-0.4, -0.2) is 61.1 Å². The van der Waals surface area contributed by atoms with E-state index in [1.165, 1.54) is 7.05 Å². The molecule has 0 spiro atoms. The Kier molecular flexibility index (Phi) is 6.76. The lowest BCUT2D eigenvalue weighted by Gasteiger charge is -2.32. The number of benzene rings is 1. The molecule has 0 aliphatic carbocycles. The van der Waals surface area contributed by atoms with Gasteiger partial charge >= 0.3 is 6.03 Å². The highest BCUT2D eigenvalue weighted by Gasteiger charge is 2.24. The monoisotopic (exact) mass is 348 g/mol. The van der Waals surface area contributed by atoms with Crippen LogP contribution in [0.25, 0.3) is 0 Å². The summed E-state index contributed by atoms with van der Waals surface area (Å²) in [7, 11) is 1.42. The van der Waals surface area contributed by atoms with E-state index < -0.39 is 11.9 Å². The third-order valence-electron chi connectivity index (χ3n) is 4.11. The van der Waals surface area contributed by atoms with Crippen LogP contribution in [0.15, 0.2) is 24.3 Å². The van der Waals surface area contributed by atoms with E-state index in [2.05, 4.69) is 16.0 Å². The second-order valence-corrected chi connectivity index (χ2v) is 6.00. The second-order valence-electron chi connectivity index (χ2n) is 6.00. The number of rotatable bonds is 5. The summed E-state index contributed by atoms with van der Waals surface area (Å²) < 4.78 is 0. The standard InChI is InChI=1S/C17H24N4O4/c1-18-17(25)20-15(23)9-19-14-6-2-5-13(8-14)16(24)21-7-3-4-12(10-21)11-22/h2,5-6,8,12,19,22H,3-4,7,9-11H2,1H3,(H2,18,20,23,25). The smallest absolute Gasteiger partial charge is 0.321 e. The second kappa shape index (κ2) is 9.03. The van der Waals surface area contributed by atoms with E-state index >= 15 is 0 Å². The van der Waals surface area contributed by atoms with E-state index in [1.807, 2.05) is 0 Å². The first-order valence-corrected chi connectivity index (χ1v) is 8.29. The molecule has 1 heterocycles. The van der Waals surface area contributed by atoms with Crippen LogP contribution in [0.4, 0.5) is 10.5 Å². The van der Waals surface area contributed by atoms with Gasteiger partial charge in [-0.25, -0.2) is 4.79 Å². The number of carbonyl (C=O) groups excluding carboxylic acids is 3. The van der Waals surface area contributed by atoms with Crippen LogP contribution < -0.4 is 16.0 Å². The Bertz CT molecular complexity index is 635. The number of amides is 4. The Morgan fingerprint density at radius 2 is 2.12 bits per heavy atom. The van der Waals surface area contributed by atoms with E-state index in [0.717, 1.165) is 12.8 Å². The minimum atomic E-state index is -0.570. The van der Waals surface area contributed by atoms with E-state index in [1.54, 1.807) is 29.2 Å². The van der Waals surface area contributed by atoms with Crippen LogP contribution in [0.5, 0.6) is 0 Å². The predicted octanol–water partition coefficient (Wildman–Crippen LogP) is 0.399. The molecule has 136 valence electrons. The van der Waals surface area contributed by atoms with Gasteiger partial charge in [-0.2, -0.15) is 0 Å². The van der Waals surface area contributed by atoms with Gasteiger partial charge in [-0.3, -0.25) is 14.9 Å². The number of aliphatic hydroxyl groups is 1. The molecule has 1 aliphatic heterocycles. The van der Waals surface area contributed by atoms with Gasteiger partial charge in [0.05, 0.1) is 6.54 Å². The molecule has 8 heteroatoms. The van der Waals surface area contributed by atoms with Gasteiger partial charge in [0.1, 0.15) is 0 Å². The number of likely N-dealkylation sites (tertiary alicyclic amines) is 1. The van der Waals surface area contributed by atoms with Crippen molar-refractivity contribution in [3.8, 4) is 0 Å². The number of aliphatic hydroxyl groups excluding tert-OH is 1. The molecule has 4 amide bonds. The highest BCUT2D eigenvalue weighted by atomic mass is 16.3. The van der Waals surface area contributed by atoms with Gasteiger partial charge in [0, 0.05) is 38.0 Å². The highest BCUT2D eigenvalue weighted by Crippen LogP contribution is 2.19. The van der Waals surface area contributed by atoms with Crippen LogP contribution in [0.3, 0.4) is 0 Å². The minimum absolute atomic E-state index is 0.0820. The van der Waals surface area contributed by atoms with E-state index in [0.29, 0.717) is 24.3 Å². The highest BCUT2D eigenvalue weighted by molar-refractivity contribution is 5.97. The molecule has 1 aromatic carbocycles. The Balaban J connectivity index is 1.95. The molecule has 1 fully saturated rings. The fourth-order valence-electron chi connectivity index (χ4n) is 2.76. The zero-order valence-corrected chi connectivity index (χ0v) is 14.2. The molecule has 0 saturated carbocycles. The molecule has 2 rings (SSSR count). The van der Waals surface area contributed by atoms with Crippen LogP contribution in [0.1, 0.15) is 23.2 Å². The van der Waals surface area contributed by atoms with E-state index in [-0.39, 0.29) is 25.0 Å². The van der Waals surface area contributed by atoms with Gasteiger partial charge in [-0.15, -0.1) is 0 Å². The summed E-state index contributed by atoms with van der Waals surface area (Å²) in [5, 5.41) is 16.6. The number of anilines is 1. The van der Waals surface area contributed by atoms with Crippen molar-refractivity contribution in [3.63, 3.8) is 0 Å². The van der Waals surface area contributed by atoms with Gasteiger partial charge in [-0.1, -0.05) is 6.07 Å². The van der Waals surface area contributed by atoms with Crippen LogP contribution in [0.2, 0.25) is 0 Å². The third-order valence-corrected chi connectivity index (χ3v) is 4.11. The summed E-state index contributed by atoms with van der Waals surface area (Å²) in [5.41, 5.74) is 1.14. The summed E-state index contributed by atoms with van der Waals surface area (Å²) in [6, 6.07) is 6.31. The van der Waals surface area contributed by atoms with Crippen molar-refractivity contribution in [2.24, 2.45) is 5.92 Å². The zero-order chi connectivity index (χ0) is 18.2. The van der Waals surface area contributed by atoms with Gasteiger partial charge < -0.3 is 20.6 Å². The molecule has 8 nitrogen and oxygen atoms in total. The maximum Gasteiger partial charge on any atom is 0.321 e. The predicted molar refractivity (Wildman–Crippen MR) is 93.2 cm³/mol. The molecule has 25 heavy (non-hydrogen) atoms. The van der Waals surface area contributed by atoms with Crippen molar-refractivity contribution in [2.75, 3.05) is 38.6 Å². The Morgan fingerprint density at radius 1 is 1.32 bits per heavy atom.